The lowest BCUT2D eigenvalue weighted by molar-refractivity contribution is 0.199. The van der Waals surface area contributed by atoms with E-state index in [2.05, 4.69) is 17.1 Å². The van der Waals surface area contributed by atoms with E-state index in [1.54, 1.807) is 7.11 Å². The molecule has 1 fully saturated rings. The molecule has 2 heterocycles. The van der Waals surface area contributed by atoms with Gasteiger partial charge in [-0.2, -0.15) is 0 Å². The highest BCUT2D eigenvalue weighted by Crippen LogP contribution is 2.29. The predicted molar refractivity (Wildman–Crippen MR) is 81.1 cm³/mol. The minimum atomic E-state index is 0.765. The van der Waals surface area contributed by atoms with Gasteiger partial charge in [0.1, 0.15) is 0 Å². The molecular formula is C14H25N3OS. The summed E-state index contributed by atoms with van der Waals surface area (Å²) in [5.41, 5.74) is 1.29. The molecule has 4 nitrogen and oxygen atoms in total. The van der Waals surface area contributed by atoms with Crippen LogP contribution in [-0.2, 0) is 17.7 Å². The molecular weight excluding hydrogens is 258 g/mol. The molecule has 1 aliphatic heterocycles. The van der Waals surface area contributed by atoms with Crippen LogP contribution in [0.3, 0.4) is 0 Å². The van der Waals surface area contributed by atoms with Crippen molar-refractivity contribution in [3.63, 3.8) is 0 Å². The quantitative estimate of drug-likeness (QED) is 0.744. The highest BCUT2D eigenvalue weighted by Gasteiger charge is 2.18. The number of rotatable bonds is 8. The molecule has 1 aromatic heterocycles. The Bertz CT molecular complexity index is 375. The molecule has 0 spiro atoms. The maximum absolute atomic E-state index is 5.06. The van der Waals surface area contributed by atoms with Crippen molar-refractivity contribution in [1.29, 1.82) is 0 Å². The summed E-state index contributed by atoms with van der Waals surface area (Å²) < 4.78 is 5.06. The standard InChI is InChI=1S/C14H25N3OS/c1-3-6-12-13(11-15-7-10-18-2)19-14(16-12)17-8-4-5-9-17/h15H,3-11H2,1-2H3. The van der Waals surface area contributed by atoms with Crippen molar-refractivity contribution in [2.75, 3.05) is 38.3 Å². The van der Waals surface area contributed by atoms with Gasteiger partial charge in [-0.1, -0.05) is 13.3 Å². The van der Waals surface area contributed by atoms with E-state index in [-0.39, 0.29) is 0 Å². The van der Waals surface area contributed by atoms with Crippen molar-refractivity contribution in [2.24, 2.45) is 0 Å². The Morgan fingerprint density at radius 1 is 1.37 bits per heavy atom. The van der Waals surface area contributed by atoms with Crippen LogP contribution < -0.4 is 10.2 Å². The van der Waals surface area contributed by atoms with E-state index in [4.69, 9.17) is 9.72 Å². The van der Waals surface area contributed by atoms with Gasteiger partial charge in [-0.25, -0.2) is 4.98 Å². The summed E-state index contributed by atoms with van der Waals surface area (Å²) in [4.78, 5) is 8.69. The van der Waals surface area contributed by atoms with Gasteiger partial charge in [0.15, 0.2) is 5.13 Å². The van der Waals surface area contributed by atoms with Gasteiger partial charge in [0.05, 0.1) is 12.3 Å². The van der Waals surface area contributed by atoms with E-state index < -0.39 is 0 Å². The van der Waals surface area contributed by atoms with Crippen molar-refractivity contribution >= 4 is 16.5 Å². The zero-order valence-electron chi connectivity index (χ0n) is 12.1. The fourth-order valence-electron chi connectivity index (χ4n) is 2.36. The second-order valence-corrected chi connectivity index (χ2v) is 6.04. The summed E-state index contributed by atoms with van der Waals surface area (Å²) in [6, 6.07) is 0. The Kier molecular flexibility index (Phi) is 6.07. The number of hydrogen-bond acceptors (Lipinski definition) is 5. The first-order chi connectivity index (χ1) is 9.35. The molecule has 1 aromatic rings. The zero-order valence-corrected chi connectivity index (χ0v) is 12.9. The van der Waals surface area contributed by atoms with Crippen LogP contribution in [-0.4, -0.2) is 38.3 Å². The monoisotopic (exact) mass is 283 g/mol. The molecule has 0 unspecified atom stereocenters. The van der Waals surface area contributed by atoms with Gasteiger partial charge in [-0.05, 0) is 19.3 Å². The summed E-state index contributed by atoms with van der Waals surface area (Å²) in [6.45, 7) is 7.16. The van der Waals surface area contributed by atoms with E-state index in [0.29, 0.717) is 0 Å². The Balaban J connectivity index is 1.97. The van der Waals surface area contributed by atoms with Crippen LogP contribution >= 0.6 is 11.3 Å². The van der Waals surface area contributed by atoms with Gasteiger partial charge >= 0.3 is 0 Å². The van der Waals surface area contributed by atoms with Crippen LogP contribution in [0.2, 0.25) is 0 Å². The topological polar surface area (TPSA) is 37.4 Å². The molecule has 0 saturated carbocycles. The highest BCUT2D eigenvalue weighted by atomic mass is 32.1. The molecule has 0 bridgehead atoms. The average Bonchev–Trinajstić information content (AvgIpc) is 3.04. The van der Waals surface area contributed by atoms with Gasteiger partial charge in [-0.15, -0.1) is 11.3 Å². The average molecular weight is 283 g/mol. The molecule has 0 radical (unpaired) electrons. The molecule has 19 heavy (non-hydrogen) atoms. The first kappa shape index (κ1) is 14.8. The van der Waals surface area contributed by atoms with Crippen LogP contribution in [0.4, 0.5) is 5.13 Å². The van der Waals surface area contributed by atoms with Crippen molar-refractivity contribution < 1.29 is 4.74 Å². The lowest BCUT2D eigenvalue weighted by Crippen LogP contribution is -2.18. The number of hydrogen-bond donors (Lipinski definition) is 1. The SMILES string of the molecule is CCCc1nc(N2CCCC2)sc1CNCCOC. The Hall–Kier alpha value is -0.650. The van der Waals surface area contributed by atoms with Crippen molar-refractivity contribution in [3.05, 3.63) is 10.6 Å². The van der Waals surface area contributed by atoms with Gasteiger partial charge in [0, 0.05) is 38.2 Å². The maximum atomic E-state index is 5.06. The normalized spacial score (nSPS) is 15.4. The maximum Gasteiger partial charge on any atom is 0.185 e. The van der Waals surface area contributed by atoms with E-state index in [0.717, 1.165) is 32.5 Å². The van der Waals surface area contributed by atoms with Crippen molar-refractivity contribution in [3.8, 4) is 0 Å². The number of aryl methyl sites for hydroxylation is 1. The minimum absolute atomic E-state index is 0.765. The lowest BCUT2D eigenvalue weighted by atomic mass is 10.2. The molecule has 108 valence electrons. The van der Waals surface area contributed by atoms with Crippen LogP contribution in [0.15, 0.2) is 0 Å². The Morgan fingerprint density at radius 2 is 2.16 bits per heavy atom. The van der Waals surface area contributed by atoms with E-state index >= 15 is 0 Å². The van der Waals surface area contributed by atoms with Crippen LogP contribution in [0.1, 0.15) is 36.8 Å². The summed E-state index contributed by atoms with van der Waals surface area (Å²) in [5.74, 6) is 0. The lowest BCUT2D eigenvalue weighted by Gasteiger charge is -2.12. The molecule has 5 heteroatoms. The molecule has 1 saturated heterocycles. The molecule has 0 aliphatic carbocycles. The van der Waals surface area contributed by atoms with Crippen molar-refractivity contribution in [1.82, 2.24) is 10.3 Å². The smallest absolute Gasteiger partial charge is 0.185 e. The minimum Gasteiger partial charge on any atom is -0.383 e. The number of aromatic nitrogens is 1. The Morgan fingerprint density at radius 3 is 2.84 bits per heavy atom. The largest absolute Gasteiger partial charge is 0.383 e. The molecule has 0 aromatic carbocycles. The second kappa shape index (κ2) is 7.82. The fourth-order valence-corrected chi connectivity index (χ4v) is 3.49. The number of nitrogens with one attached hydrogen (secondary N) is 1. The van der Waals surface area contributed by atoms with Crippen LogP contribution in [0.5, 0.6) is 0 Å². The molecule has 0 amide bonds. The molecule has 1 N–H and O–H groups in total. The summed E-state index contributed by atoms with van der Waals surface area (Å²) in [5, 5.41) is 4.66. The van der Waals surface area contributed by atoms with E-state index in [9.17, 15) is 0 Å². The first-order valence-corrected chi connectivity index (χ1v) is 8.10. The van der Waals surface area contributed by atoms with Crippen LogP contribution in [0.25, 0.3) is 0 Å². The molecule has 0 atom stereocenters. The molecule has 1 aliphatic rings. The summed E-state index contributed by atoms with van der Waals surface area (Å²) in [6.07, 6.45) is 4.87. The third-order valence-corrected chi connectivity index (χ3v) is 4.56. The Labute approximate surface area is 120 Å². The van der Waals surface area contributed by atoms with E-state index in [1.807, 2.05) is 11.3 Å². The number of ether oxygens (including phenoxy) is 1. The van der Waals surface area contributed by atoms with Gasteiger partial charge in [0.25, 0.3) is 0 Å². The fraction of sp³-hybridized carbons (Fsp3) is 0.786. The molecule has 2 rings (SSSR count). The second-order valence-electron chi connectivity index (χ2n) is 4.98. The summed E-state index contributed by atoms with van der Waals surface area (Å²) in [7, 11) is 1.74. The number of nitrogens with zero attached hydrogens (tertiary/aromatic N) is 2. The summed E-state index contributed by atoms with van der Waals surface area (Å²) >= 11 is 1.87. The predicted octanol–water partition coefficient (Wildman–Crippen LogP) is 2.43. The third kappa shape index (κ3) is 4.16. The van der Waals surface area contributed by atoms with Gasteiger partial charge < -0.3 is 15.0 Å². The number of thiazole rings is 1. The number of anilines is 1. The number of methoxy groups -OCH3 is 1. The van der Waals surface area contributed by atoms with Gasteiger partial charge in [0.2, 0.25) is 0 Å². The van der Waals surface area contributed by atoms with Crippen molar-refractivity contribution in [2.45, 2.75) is 39.2 Å². The van der Waals surface area contributed by atoms with Crippen LogP contribution in [0, 0.1) is 0 Å². The van der Waals surface area contributed by atoms with E-state index in [1.165, 1.54) is 41.6 Å². The zero-order chi connectivity index (χ0) is 13.5. The van der Waals surface area contributed by atoms with Gasteiger partial charge in [-0.3, -0.25) is 0 Å². The highest BCUT2D eigenvalue weighted by molar-refractivity contribution is 7.15. The first-order valence-electron chi connectivity index (χ1n) is 7.28. The third-order valence-electron chi connectivity index (χ3n) is 3.40.